The number of rotatable bonds is 4. The van der Waals surface area contributed by atoms with Gasteiger partial charge in [-0.15, -0.1) is 0 Å². The number of nitriles is 2. The molecule has 2 atom stereocenters. The maximum absolute atomic E-state index is 14.2. The van der Waals surface area contributed by atoms with E-state index in [0.717, 1.165) is 5.56 Å². The van der Waals surface area contributed by atoms with Crippen molar-refractivity contribution < 1.29 is 14.3 Å². The Bertz CT molecular complexity index is 1340. The highest BCUT2D eigenvalue weighted by molar-refractivity contribution is 6.31. The van der Waals surface area contributed by atoms with Gasteiger partial charge in [-0.3, -0.25) is 4.79 Å². The number of hydrogen-bond donors (Lipinski definition) is 0. The summed E-state index contributed by atoms with van der Waals surface area (Å²) >= 11 is 6.47. The van der Waals surface area contributed by atoms with Crippen LogP contribution >= 0.6 is 11.6 Å². The Morgan fingerprint density at radius 3 is 2.32 bits per heavy atom. The lowest BCUT2D eigenvalue weighted by Crippen LogP contribution is -2.43. The fourth-order valence-electron chi connectivity index (χ4n) is 4.53. The zero-order chi connectivity index (χ0) is 24.2. The Labute approximate surface area is 202 Å². The van der Waals surface area contributed by atoms with Crippen LogP contribution < -0.4 is 0 Å². The maximum Gasteiger partial charge on any atom is 0.328 e. The average molecular weight is 470 g/mol. The van der Waals surface area contributed by atoms with Gasteiger partial charge in [0.25, 0.3) is 5.91 Å². The van der Waals surface area contributed by atoms with Crippen LogP contribution in [0.3, 0.4) is 0 Å². The Kier molecular flexibility index (Phi) is 6.63. The third-order valence-corrected chi connectivity index (χ3v) is 6.44. The van der Waals surface area contributed by atoms with Crippen molar-refractivity contribution in [1.29, 1.82) is 10.5 Å². The fourth-order valence-corrected chi connectivity index (χ4v) is 4.80. The lowest BCUT2D eigenvalue weighted by atomic mass is 9.91. The van der Waals surface area contributed by atoms with Crippen molar-refractivity contribution in [3.8, 4) is 23.3 Å². The average Bonchev–Trinajstić information content (AvgIpc) is 3.32. The summed E-state index contributed by atoms with van der Waals surface area (Å²) in [4.78, 5) is 28.4. The van der Waals surface area contributed by atoms with Gasteiger partial charge < -0.3 is 9.64 Å². The highest BCUT2D eigenvalue weighted by Gasteiger charge is 2.44. The minimum Gasteiger partial charge on any atom is -0.467 e. The molecule has 0 spiro atoms. The first kappa shape index (κ1) is 23.0. The molecule has 1 amide bonds. The molecular weight excluding hydrogens is 450 g/mol. The molecule has 6 nitrogen and oxygen atoms in total. The number of carbonyl (C=O) groups is 2. The van der Waals surface area contributed by atoms with Gasteiger partial charge in [0.1, 0.15) is 18.2 Å². The van der Waals surface area contributed by atoms with Crippen LogP contribution in [0.4, 0.5) is 0 Å². The van der Waals surface area contributed by atoms with Crippen molar-refractivity contribution in [1.82, 2.24) is 4.90 Å². The van der Waals surface area contributed by atoms with Gasteiger partial charge in [-0.2, -0.15) is 10.5 Å². The molecule has 4 rings (SSSR count). The van der Waals surface area contributed by atoms with Crippen LogP contribution in [0, 0.1) is 22.7 Å². The third kappa shape index (κ3) is 4.01. The van der Waals surface area contributed by atoms with E-state index in [1.54, 1.807) is 18.2 Å². The second-order valence-corrected chi connectivity index (χ2v) is 8.27. The fraction of sp³-hybridized carbons (Fsp3) is 0.185. The summed E-state index contributed by atoms with van der Waals surface area (Å²) < 4.78 is 5.00. The maximum atomic E-state index is 14.2. The first-order valence-electron chi connectivity index (χ1n) is 10.7. The van der Waals surface area contributed by atoms with Crippen molar-refractivity contribution >= 4 is 23.5 Å². The Morgan fingerprint density at radius 2 is 1.68 bits per heavy atom. The molecule has 3 aromatic carbocycles. The number of ether oxygens (including phenoxy) is 1. The monoisotopic (exact) mass is 469 g/mol. The molecule has 0 radical (unpaired) electrons. The first-order chi connectivity index (χ1) is 16.5. The van der Waals surface area contributed by atoms with Gasteiger partial charge >= 0.3 is 5.97 Å². The quantitative estimate of drug-likeness (QED) is 0.485. The Hall–Kier alpha value is -4.13. The Morgan fingerprint density at radius 1 is 0.971 bits per heavy atom. The molecule has 7 heteroatoms. The van der Waals surface area contributed by atoms with Gasteiger partial charge in [-0.25, -0.2) is 4.79 Å². The highest BCUT2D eigenvalue weighted by Crippen LogP contribution is 2.42. The Balaban J connectivity index is 1.94. The highest BCUT2D eigenvalue weighted by atomic mass is 35.5. The van der Waals surface area contributed by atoms with Crippen LogP contribution in [0.15, 0.2) is 66.7 Å². The number of hydrogen-bond acceptors (Lipinski definition) is 5. The number of halogens is 1. The molecule has 0 N–H and O–H groups in total. The molecule has 1 aliphatic rings. The number of benzene rings is 3. The van der Waals surface area contributed by atoms with Crippen molar-refractivity contribution in [2.75, 3.05) is 7.11 Å². The van der Waals surface area contributed by atoms with Gasteiger partial charge in [-0.1, -0.05) is 66.2 Å². The standard InChI is InChI=1S/C27H20ClN3O3/c1-34-27(33)24-14-13-23(20-9-5-6-10-22(20)28)31(24)26(32)25-19(17-7-3-2-4-8-17)12-11-18(15-29)21(25)16-30/h2-12,23-24H,13-14H2,1H3. The molecule has 0 bridgehead atoms. The van der Waals surface area contributed by atoms with E-state index in [9.17, 15) is 20.1 Å². The summed E-state index contributed by atoms with van der Waals surface area (Å²) in [5, 5.41) is 20.0. The minimum atomic E-state index is -0.848. The summed E-state index contributed by atoms with van der Waals surface area (Å²) in [6.45, 7) is 0. The van der Waals surface area contributed by atoms with Crippen molar-refractivity contribution in [2.45, 2.75) is 24.9 Å². The molecule has 3 aromatic rings. The predicted molar refractivity (Wildman–Crippen MR) is 127 cm³/mol. The summed E-state index contributed by atoms with van der Waals surface area (Å²) in [5.41, 5.74) is 2.08. The molecular formula is C27H20ClN3O3. The molecule has 0 aromatic heterocycles. The molecule has 1 heterocycles. The van der Waals surface area contributed by atoms with E-state index >= 15 is 0 Å². The van der Waals surface area contributed by atoms with Crippen molar-refractivity contribution in [2.24, 2.45) is 0 Å². The summed E-state index contributed by atoms with van der Waals surface area (Å²) in [6, 6.07) is 22.2. The zero-order valence-electron chi connectivity index (χ0n) is 18.4. The number of nitrogens with zero attached hydrogens (tertiary/aromatic N) is 3. The van der Waals surface area contributed by atoms with Crippen LogP contribution in [-0.4, -0.2) is 29.9 Å². The first-order valence-corrected chi connectivity index (χ1v) is 11.1. The van der Waals surface area contributed by atoms with Crippen LogP contribution in [0.5, 0.6) is 0 Å². The van der Waals surface area contributed by atoms with E-state index in [0.29, 0.717) is 29.0 Å². The summed E-state index contributed by atoms with van der Waals surface area (Å²) in [5.74, 6) is -1.07. The molecule has 1 fully saturated rings. The number of esters is 1. The molecule has 1 aliphatic heterocycles. The zero-order valence-corrected chi connectivity index (χ0v) is 19.1. The second-order valence-electron chi connectivity index (χ2n) is 7.87. The SMILES string of the molecule is COC(=O)C1CCC(c2ccccc2Cl)N1C(=O)c1c(-c2ccccc2)ccc(C#N)c1C#N. The number of carbonyl (C=O) groups excluding carboxylic acids is 2. The van der Waals surface area contributed by atoms with Gasteiger partial charge in [-0.05, 0) is 41.7 Å². The van der Waals surface area contributed by atoms with Crippen LogP contribution in [0.25, 0.3) is 11.1 Å². The van der Waals surface area contributed by atoms with E-state index in [4.69, 9.17) is 16.3 Å². The number of likely N-dealkylation sites (tertiary alicyclic amines) is 1. The van der Waals surface area contributed by atoms with Gasteiger partial charge in [0.2, 0.25) is 0 Å². The lowest BCUT2D eigenvalue weighted by molar-refractivity contribution is -0.145. The molecule has 2 unspecified atom stereocenters. The smallest absolute Gasteiger partial charge is 0.328 e. The third-order valence-electron chi connectivity index (χ3n) is 6.09. The van der Waals surface area contributed by atoms with E-state index in [1.807, 2.05) is 54.6 Å². The van der Waals surface area contributed by atoms with Crippen LogP contribution in [0.1, 0.15) is 45.9 Å². The number of amides is 1. The van der Waals surface area contributed by atoms with Crippen molar-refractivity contribution in [3.63, 3.8) is 0 Å². The van der Waals surface area contributed by atoms with Gasteiger partial charge in [0, 0.05) is 5.02 Å². The van der Waals surface area contributed by atoms with E-state index in [1.165, 1.54) is 18.1 Å². The van der Waals surface area contributed by atoms with E-state index in [-0.39, 0.29) is 16.7 Å². The topological polar surface area (TPSA) is 94.2 Å². The minimum absolute atomic E-state index is 0.0257. The normalized spacial score (nSPS) is 17.0. The van der Waals surface area contributed by atoms with Crippen molar-refractivity contribution in [3.05, 3.63) is 94.0 Å². The van der Waals surface area contributed by atoms with Crippen LogP contribution in [-0.2, 0) is 9.53 Å². The van der Waals surface area contributed by atoms with E-state index in [2.05, 4.69) is 0 Å². The van der Waals surface area contributed by atoms with Gasteiger partial charge in [0.05, 0.1) is 29.8 Å². The summed E-state index contributed by atoms with van der Waals surface area (Å²) in [7, 11) is 1.28. The van der Waals surface area contributed by atoms with Crippen LogP contribution in [0.2, 0.25) is 5.02 Å². The second kappa shape index (κ2) is 9.79. The van der Waals surface area contributed by atoms with Gasteiger partial charge in [0.15, 0.2) is 0 Å². The molecule has 0 saturated carbocycles. The molecule has 168 valence electrons. The molecule has 34 heavy (non-hydrogen) atoms. The summed E-state index contributed by atoms with van der Waals surface area (Å²) in [6.07, 6.45) is 0.880. The lowest BCUT2D eigenvalue weighted by Gasteiger charge is -2.31. The predicted octanol–water partition coefficient (Wildman–Crippen LogP) is 5.27. The van der Waals surface area contributed by atoms with E-state index < -0.39 is 24.0 Å². The largest absolute Gasteiger partial charge is 0.467 e. The number of methoxy groups -OCH3 is 1. The molecule has 1 saturated heterocycles. The molecule has 0 aliphatic carbocycles.